The normalized spacial score (nSPS) is 10.6. The Balaban J connectivity index is 1.81. The minimum Gasteiger partial charge on any atom is -0.497 e. The molecule has 1 heterocycles. The summed E-state index contributed by atoms with van der Waals surface area (Å²) in [5.74, 6) is 0.877. The molecule has 0 aliphatic carbocycles. The van der Waals surface area contributed by atoms with Gasteiger partial charge in [-0.05, 0) is 24.3 Å². The van der Waals surface area contributed by atoms with E-state index < -0.39 is 0 Å². The van der Waals surface area contributed by atoms with Gasteiger partial charge in [0.15, 0.2) is 0 Å². The third-order valence-electron chi connectivity index (χ3n) is 4.04. The first-order chi connectivity index (χ1) is 13.1. The van der Waals surface area contributed by atoms with Crippen LogP contribution in [0.5, 0.6) is 11.5 Å². The number of aromatic nitrogens is 2. The zero-order valence-corrected chi connectivity index (χ0v) is 15.4. The van der Waals surface area contributed by atoms with Crippen molar-refractivity contribution in [2.75, 3.05) is 27.3 Å². The van der Waals surface area contributed by atoms with Crippen molar-refractivity contribution in [3.05, 3.63) is 59.9 Å². The fraction of sp³-hybridized carbons (Fsp3) is 0.250. The zero-order chi connectivity index (χ0) is 19.2. The molecule has 2 N–H and O–H groups in total. The third kappa shape index (κ3) is 4.32. The molecule has 0 unspecified atom stereocenters. The molecule has 140 valence electrons. The standard InChI is InChI=1S/C20H22N4O3/c1-24(13-14-12-22-17-5-3-4-6-18(17)23-14)20(25)16-8-7-15(26-2)11-19(16)27-10-9-21/h3-8,11-12H,9-10,13,21H2,1-2H3. The van der Waals surface area contributed by atoms with E-state index in [1.807, 2.05) is 24.3 Å². The Bertz CT molecular complexity index is 945. The summed E-state index contributed by atoms with van der Waals surface area (Å²) in [5.41, 5.74) is 8.29. The Morgan fingerprint density at radius 2 is 1.96 bits per heavy atom. The highest BCUT2D eigenvalue weighted by Gasteiger charge is 2.18. The quantitative estimate of drug-likeness (QED) is 0.690. The maximum absolute atomic E-state index is 12.9. The maximum atomic E-state index is 12.9. The number of benzene rings is 2. The van der Waals surface area contributed by atoms with E-state index in [4.69, 9.17) is 15.2 Å². The van der Waals surface area contributed by atoms with Crippen molar-refractivity contribution >= 4 is 16.9 Å². The van der Waals surface area contributed by atoms with Crippen LogP contribution in [0.2, 0.25) is 0 Å². The number of para-hydroxylation sites is 2. The highest BCUT2D eigenvalue weighted by Crippen LogP contribution is 2.26. The number of nitrogens with two attached hydrogens (primary N) is 1. The van der Waals surface area contributed by atoms with Gasteiger partial charge in [0.2, 0.25) is 0 Å². The monoisotopic (exact) mass is 366 g/mol. The van der Waals surface area contributed by atoms with Crippen LogP contribution in [0.25, 0.3) is 11.0 Å². The number of amides is 1. The number of hydrogen-bond donors (Lipinski definition) is 1. The lowest BCUT2D eigenvalue weighted by atomic mass is 10.1. The summed E-state index contributed by atoms with van der Waals surface area (Å²) in [6.45, 7) is 1.000. The summed E-state index contributed by atoms with van der Waals surface area (Å²) in [6.07, 6.45) is 1.69. The van der Waals surface area contributed by atoms with Gasteiger partial charge in [-0.3, -0.25) is 9.78 Å². The van der Waals surface area contributed by atoms with Crippen molar-refractivity contribution in [1.29, 1.82) is 0 Å². The van der Waals surface area contributed by atoms with Gasteiger partial charge in [-0.1, -0.05) is 12.1 Å². The second kappa shape index (κ2) is 8.46. The van der Waals surface area contributed by atoms with Crippen LogP contribution in [0.1, 0.15) is 16.1 Å². The van der Waals surface area contributed by atoms with Gasteiger partial charge < -0.3 is 20.1 Å². The van der Waals surface area contributed by atoms with Gasteiger partial charge in [0, 0.05) is 19.7 Å². The van der Waals surface area contributed by atoms with Crippen LogP contribution in [0.4, 0.5) is 0 Å². The lowest BCUT2D eigenvalue weighted by Gasteiger charge is -2.19. The van der Waals surface area contributed by atoms with E-state index in [1.165, 1.54) is 0 Å². The van der Waals surface area contributed by atoms with E-state index in [0.717, 1.165) is 11.0 Å². The molecule has 0 saturated carbocycles. The van der Waals surface area contributed by atoms with Gasteiger partial charge in [0.25, 0.3) is 5.91 Å². The molecule has 0 fully saturated rings. The molecular weight excluding hydrogens is 344 g/mol. The molecule has 0 spiro atoms. The Labute approximate surface area is 157 Å². The van der Waals surface area contributed by atoms with Crippen LogP contribution >= 0.6 is 0 Å². The summed E-state index contributed by atoms with van der Waals surface area (Å²) in [6, 6.07) is 12.7. The zero-order valence-electron chi connectivity index (χ0n) is 15.4. The SMILES string of the molecule is COc1ccc(C(=O)N(C)Cc2cnc3ccccc3n2)c(OCCN)c1. The number of nitrogens with zero attached hydrogens (tertiary/aromatic N) is 3. The number of carbonyl (C=O) groups excluding carboxylic acids is 1. The summed E-state index contributed by atoms with van der Waals surface area (Å²) in [4.78, 5) is 23.5. The smallest absolute Gasteiger partial charge is 0.257 e. The fourth-order valence-corrected chi connectivity index (χ4v) is 2.69. The van der Waals surface area contributed by atoms with Crippen molar-refractivity contribution in [2.24, 2.45) is 5.73 Å². The van der Waals surface area contributed by atoms with E-state index >= 15 is 0 Å². The van der Waals surface area contributed by atoms with E-state index in [9.17, 15) is 4.79 Å². The lowest BCUT2D eigenvalue weighted by Crippen LogP contribution is -2.27. The molecule has 0 bridgehead atoms. The molecule has 0 aliphatic rings. The van der Waals surface area contributed by atoms with E-state index in [-0.39, 0.29) is 5.91 Å². The molecule has 0 atom stereocenters. The fourth-order valence-electron chi connectivity index (χ4n) is 2.69. The number of methoxy groups -OCH3 is 1. The first kappa shape index (κ1) is 18.6. The Morgan fingerprint density at radius 1 is 1.19 bits per heavy atom. The number of rotatable bonds is 7. The van der Waals surface area contributed by atoms with Gasteiger partial charge in [-0.15, -0.1) is 0 Å². The second-order valence-corrected chi connectivity index (χ2v) is 6.01. The first-order valence-electron chi connectivity index (χ1n) is 8.59. The minimum absolute atomic E-state index is 0.181. The number of ether oxygens (including phenoxy) is 2. The molecular formula is C20H22N4O3. The van der Waals surface area contributed by atoms with Crippen LogP contribution in [0.15, 0.2) is 48.7 Å². The van der Waals surface area contributed by atoms with Crippen LogP contribution < -0.4 is 15.2 Å². The summed E-state index contributed by atoms with van der Waals surface area (Å²) < 4.78 is 10.8. The van der Waals surface area contributed by atoms with Crippen molar-refractivity contribution in [1.82, 2.24) is 14.9 Å². The molecule has 1 aromatic heterocycles. The van der Waals surface area contributed by atoms with E-state index in [0.29, 0.717) is 42.5 Å². The summed E-state index contributed by atoms with van der Waals surface area (Å²) in [5, 5.41) is 0. The average Bonchev–Trinajstić information content (AvgIpc) is 2.71. The molecule has 0 aliphatic heterocycles. The molecule has 27 heavy (non-hydrogen) atoms. The maximum Gasteiger partial charge on any atom is 0.257 e. The van der Waals surface area contributed by atoms with Crippen LogP contribution in [0, 0.1) is 0 Å². The second-order valence-electron chi connectivity index (χ2n) is 6.01. The number of carbonyl (C=O) groups is 1. The molecule has 1 amide bonds. The van der Waals surface area contributed by atoms with Crippen LogP contribution in [-0.2, 0) is 6.54 Å². The van der Waals surface area contributed by atoms with E-state index in [2.05, 4.69) is 9.97 Å². The van der Waals surface area contributed by atoms with Gasteiger partial charge in [0.1, 0.15) is 18.1 Å². The first-order valence-corrected chi connectivity index (χ1v) is 8.59. The minimum atomic E-state index is -0.181. The molecule has 0 radical (unpaired) electrons. The topological polar surface area (TPSA) is 90.6 Å². The summed E-state index contributed by atoms with van der Waals surface area (Å²) in [7, 11) is 3.28. The van der Waals surface area contributed by atoms with Crippen molar-refractivity contribution in [3.8, 4) is 11.5 Å². The summed E-state index contributed by atoms with van der Waals surface area (Å²) >= 11 is 0. The van der Waals surface area contributed by atoms with Gasteiger partial charge in [0.05, 0.1) is 42.1 Å². The Hall–Kier alpha value is -3.19. The van der Waals surface area contributed by atoms with E-state index in [1.54, 1.807) is 43.5 Å². The molecule has 3 rings (SSSR count). The predicted octanol–water partition coefficient (Wildman–Crippen LogP) is 2.25. The number of hydrogen-bond acceptors (Lipinski definition) is 6. The van der Waals surface area contributed by atoms with Gasteiger partial charge in [-0.25, -0.2) is 4.98 Å². The Kier molecular flexibility index (Phi) is 5.83. The van der Waals surface area contributed by atoms with Crippen molar-refractivity contribution in [2.45, 2.75) is 6.54 Å². The van der Waals surface area contributed by atoms with Crippen LogP contribution in [-0.4, -0.2) is 48.1 Å². The highest BCUT2D eigenvalue weighted by atomic mass is 16.5. The van der Waals surface area contributed by atoms with Crippen molar-refractivity contribution < 1.29 is 14.3 Å². The lowest BCUT2D eigenvalue weighted by molar-refractivity contribution is 0.0779. The average molecular weight is 366 g/mol. The molecule has 2 aromatic carbocycles. The van der Waals surface area contributed by atoms with Gasteiger partial charge in [-0.2, -0.15) is 0 Å². The molecule has 7 nitrogen and oxygen atoms in total. The molecule has 7 heteroatoms. The predicted molar refractivity (Wildman–Crippen MR) is 103 cm³/mol. The van der Waals surface area contributed by atoms with Gasteiger partial charge >= 0.3 is 0 Å². The van der Waals surface area contributed by atoms with Crippen molar-refractivity contribution in [3.63, 3.8) is 0 Å². The highest BCUT2D eigenvalue weighted by molar-refractivity contribution is 5.97. The largest absolute Gasteiger partial charge is 0.497 e. The number of fused-ring (bicyclic) bond motifs is 1. The molecule has 3 aromatic rings. The third-order valence-corrected chi connectivity index (χ3v) is 4.04. The molecule has 0 saturated heterocycles. The van der Waals surface area contributed by atoms with Crippen LogP contribution in [0.3, 0.4) is 0 Å². The Morgan fingerprint density at radius 3 is 2.70 bits per heavy atom.